The van der Waals surface area contributed by atoms with E-state index in [1.165, 1.54) is 57.8 Å². The molecule has 0 bridgehead atoms. The maximum absolute atomic E-state index is 12.1. The zero-order valence-corrected chi connectivity index (χ0v) is 20.8. The van der Waals surface area contributed by atoms with Crippen LogP contribution in [0.5, 0.6) is 5.75 Å². The van der Waals surface area contributed by atoms with Crippen molar-refractivity contribution in [2.75, 3.05) is 6.61 Å². The highest BCUT2D eigenvalue weighted by Gasteiger charge is 2.23. The molecule has 1 aromatic rings. The van der Waals surface area contributed by atoms with Gasteiger partial charge in [-0.1, -0.05) is 110 Å². The molecule has 0 saturated heterocycles. The van der Waals surface area contributed by atoms with Gasteiger partial charge in [-0.3, -0.25) is 4.79 Å². The van der Waals surface area contributed by atoms with E-state index in [2.05, 4.69) is 33.8 Å². The zero-order chi connectivity index (χ0) is 23.0. The molecule has 178 valence electrons. The van der Waals surface area contributed by atoms with Crippen molar-refractivity contribution in [3.63, 3.8) is 0 Å². The molecule has 0 fully saturated rings. The predicted octanol–water partition coefficient (Wildman–Crippen LogP) is 8.26. The van der Waals surface area contributed by atoms with Crippen LogP contribution in [-0.2, 0) is 21.4 Å². The Hall–Kier alpha value is -1.51. The SMILES string of the molecule is CCCCCCCCCCCCCOC(=O)CCc1ccc(O)c(C(C)(C)CCC)c1. The lowest BCUT2D eigenvalue weighted by atomic mass is 9.79. The summed E-state index contributed by atoms with van der Waals surface area (Å²) in [6.07, 6.45) is 17.4. The summed E-state index contributed by atoms with van der Waals surface area (Å²) in [4.78, 5) is 12.1. The fourth-order valence-electron chi connectivity index (χ4n) is 4.31. The van der Waals surface area contributed by atoms with Crippen molar-refractivity contribution < 1.29 is 14.6 Å². The molecule has 1 rings (SSSR count). The predicted molar refractivity (Wildman–Crippen MR) is 132 cm³/mol. The summed E-state index contributed by atoms with van der Waals surface area (Å²) in [7, 11) is 0. The molecule has 31 heavy (non-hydrogen) atoms. The number of hydrogen-bond donors (Lipinski definition) is 1. The molecule has 0 radical (unpaired) electrons. The lowest BCUT2D eigenvalue weighted by Gasteiger charge is -2.26. The smallest absolute Gasteiger partial charge is 0.306 e. The van der Waals surface area contributed by atoms with Crippen LogP contribution in [0.25, 0.3) is 0 Å². The molecule has 0 aromatic heterocycles. The van der Waals surface area contributed by atoms with Crippen LogP contribution in [0.3, 0.4) is 0 Å². The highest BCUT2D eigenvalue weighted by atomic mass is 16.5. The molecule has 3 nitrogen and oxygen atoms in total. The van der Waals surface area contributed by atoms with Gasteiger partial charge in [-0.2, -0.15) is 0 Å². The van der Waals surface area contributed by atoms with E-state index < -0.39 is 0 Å². The van der Waals surface area contributed by atoms with E-state index in [0.717, 1.165) is 36.8 Å². The third-order valence-electron chi connectivity index (χ3n) is 6.29. The van der Waals surface area contributed by atoms with Gasteiger partial charge in [0.15, 0.2) is 0 Å². The summed E-state index contributed by atoms with van der Waals surface area (Å²) in [5.74, 6) is 0.232. The summed E-state index contributed by atoms with van der Waals surface area (Å²) >= 11 is 0. The van der Waals surface area contributed by atoms with Crippen LogP contribution in [0.4, 0.5) is 0 Å². The van der Waals surface area contributed by atoms with E-state index in [1.54, 1.807) is 6.07 Å². The first-order valence-corrected chi connectivity index (χ1v) is 12.9. The Morgan fingerprint density at radius 1 is 0.871 bits per heavy atom. The molecular weight excluding hydrogens is 384 g/mol. The average Bonchev–Trinajstić information content (AvgIpc) is 2.73. The summed E-state index contributed by atoms with van der Waals surface area (Å²) in [5, 5.41) is 10.3. The van der Waals surface area contributed by atoms with Gasteiger partial charge in [0, 0.05) is 6.42 Å². The Morgan fingerprint density at radius 3 is 2.03 bits per heavy atom. The first-order chi connectivity index (χ1) is 14.9. The van der Waals surface area contributed by atoms with Crippen molar-refractivity contribution in [3.8, 4) is 5.75 Å². The number of ether oxygens (including phenoxy) is 1. The van der Waals surface area contributed by atoms with Crippen LogP contribution in [0.1, 0.15) is 129 Å². The number of phenolic OH excluding ortho intramolecular Hbond substituents is 1. The number of carbonyl (C=O) groups excluding carboxylic acids is 1. The molecule has 0 spiro atoms. The van der Waals surface area contributed by atoms with Crippen molar-refractivity contribution in [1.29, 1.82) is 0 Å². The first-order valence-electron chi connectivity index (χ1n) is 12.9. The lowest BCUT2D eigenvalue weighted by molar-refractivity contribution is -0.143. The molecule has 0 aliphatic carbocycles. The Morgan fingerprint density at radius 2 is 1.45 bits per heavy atom. The van der Waals surface area contributed by atoms with E-state index in [4.69, 9.17) is 4.74 Å². The third kappa shape index (κ3) is 12.2. The molecule has 0 unspecified atom stereocenters. The number of aryl methyl sites for hydroxylation is 1. The molecule has 0 heterocycles. The number of benzene rings is 1. The average molecular weight is 433 g/mol. The number of carbonyl (C=O) groups is 1. The van der Waals surface area contributed by atoms with E-state index in [-0.39, 0.29) is 11.4 Å². The number of esters is 1. The van der Waals surface area contributed by atoms with Crippen LogP contribution in [0.2, 0.25) is 0 Å². The summed E-state index contributed by atoms with van der Waals surface area (Å²) in [5.41, 5.74) is 1.99. The minimum absolute atomic E-state index is 0.0651. The van der Waals surface area contributed by atoms with E-state index in [1.807, 2.05) is 6.07 Å². The largest absolute Gasteiger partial charge is 0.508 e. The van der Waals surface area contributed by atoms with Crippen molar-refractivity contribution in [2.24, 2.45) is 0 Å². The minimum Gasteiger partial charge on any atom is -0.508 e. The summed E-state index contributed by atoms with van der Waals surface area (Å²) < 4.78 is 5.42. The third-order valence-corrected chi connectivity index (χ3v) is 6.29. The van der Waals surface area contributed by atoms with Crippen molar-refractivity contribution in [2.45, 2.75) is 129 Å². The van der Waals surface area contributed by atoms with E-state index in [9.17, 15) is 9.90 Å². The Kier molecular flexibility index (Phi) is 14.4. The molecule has 1 N–H and O–H groups in total. The van der Waals surface area contributed by atoms with Gasteiger partial charge in [-0.25, -0.2) is 0 Å². The maximum atomic E-state index is 12.1. The second kappa shape index (κ2) is 16.2. The van der Waals surface area contributed by atoms with Crippen LogP contribution >= 0.6 is 0 Å². The van der Waals surface area contributed by atoms with Gasteiger partial charge >= 0.3 is 5.97 Å². The number of rotatable bonds is 18. The molecule has 0 amide bonds. The second-order valence-electron chi connectivity index (χ2n) is 9.74. The van der Waals surface area contributed by atoms with Crippen LogP contribution in [0, 0.1) is 0 Å². The first kappa shape index (κ1) is 27.5. The highest BCUT2D eigenvalue weighted by Crippen LogP contribution is 2.35. The Balaban J connectivity index is 2.15. The van der Waals surface area contributed by atoms with Gasteiger partial charge in [0.25, 0.3) is 0 Å². The molecule has 0 aliphatic rings. The van der Waals surface area contributed by atoms with Crippen LogP contribution in [0.15, 0.2) is 18.2 Å². The van der Waals surface area contributed by atoms with Gasteiger partial charge < -0.3 is 9.84 Å². The normalized spacial score (nSPS) is 11.6. The molecule has 3 heteroatoms. The van der Waals surface area contributed by atoms with Crippen LogP contribution < -0.4 is 0 Å². The molecule has 0 aliphatic heterocycles. The van der Waals surface area contributed by atoms with Gasteiger partial charge in [0.2, 0.25) is 0 Å². The van der Waals surface area contributed by atoms with Crippen LogP contribution in [-0.4, -0.2) is 17.7 Å². The second-order valence-corrected chi connectivity index (χ2v) is 9.74. The van der Waals surface area contributed by atoms with Crippen molar-refractivity contribution >= 4 is 5.97 Å². The van der Waals surface area contributed by atoms with Crippen molar-refractivity contribution in [3.05, 3.63) is 29.3 Å². The monoisotopic (exact) mass is 432 g/mol. The Labute approximate surface area is 192 Å². The minimum atomic E-state index is -0.116. The molecule has 1 aromatic carbocycles. The van der Waals surface area contributed by atoms with E-state index in [0.29, 0.717) is 25.2 Å². The fourth-order valence-corrected chi connectivity index (χ4v) is 4.31. The Bertz CT molecular complexity index is 606. The number of aromatic hydroxyl groups is 1. The fraction of sp³-hybridized carbons (Fsp3) is 0.750. The topological polar surface area (TPSA) is 46.5 Å². The lowest BCUT2D eigenvalue weighted by Crippen LogP contribution is -2.17. The molecule has 0 saturated carbocycles. The van der Waals surface area contributed by atoms with Gasteiger partial charge in [-0.05, 0) is 41.9 Å². The molecular formula is C28H48O3. The maximum Gasteiger partial charge on any atom is 0.306 e. The standard InChI is InChI=1S/C28H48O3/c1-5-7-8-9-10-11-12-13-14-15-16-22-31-27(30)20-18-24-17-19-26(29)25(23-24)28(3,4)21-6-2/h17,19,23,29H,5-16,18,20-22H2,1-4H3. The highest BCUT2D eigenvalue weighted by molar-refractivity contribution is 5.69. The van der Waals surface area contributed by atoms with Gasteiger partial charge in [0.1, 0.15) is 5.75 Å². The van der Waals surface area contributed by atoms with Gasteiger partial charge in [-0.15, -0.1) is 0 Å². The van der Waals surface area contributed by atoms with E-state index >= 15 is 0 Å². The zero-order valence-electron chi connectivity index (χ0n) is 20.8. The van der Waals surface area contributed by atoms with Gasteiger partial charge in [0.05, 0.1) is 6.61 Å². The number of unbranched alkanes of at least 4 members (excludes halogenated alkanes) is 10. The number of hydrogen-bond acceptors (Lipinski definition) is 3. The number of phenols is 1. The summed E-state index contributed by atoms with van der Waals surface area (Å²) in [6.45, 7) is 9.29. The quantitative estimate of drug-likeness (QED) is 0.187. The summed E-state index contributed by atoms with van der Waals surface area (Å²) in [6, 6.07) is 5.73. The molecule has 0 atom stereocenters. The van der Waals surface area contributed by atoms with Crippen molar-refractivity contribution in [1.82, 2.24) is 0 Å².